The van der Waals surface area contributed by atoms with E-state index in [1.54, 1.807) is 18.9 Å². The zero-order chi connectivity index (χ0) is 18.1. The van der Waals surface area contributed by atoms with Crippen LogP contribution in [-0.2, 0) is 19.4 Å². The number of sulfone groups is 1. The fourth-order valence-corrected chi connectivity index (χ4v) is 6.42. The highest BCUT2D eigenvalue weighted by Gasteiger charge is 2.58. The third kappa shape index (κ3) is 3.76. The van der Waals surface area contributed by atoms with Crippen LogP contribution in [0.1, 0.15) is 52.9 Å². The molecule has 2 aliphatic rings. The lowest BCUT2D eigenvalue weighted by Gasteiger charge is -2.50. The number of nitrogens with one attached hydrogen (secondary N) is 1. The van der Waals surface area contributed by atoms with E-state index >= 15 is 0 Å². The van der Waals surface area contributed by atoms with Crippen LogP contribution in [0, 0.1) is 11.8 Å². The molecule has 6 nitrogen and oxygen atoms in total. The number of nitrogens with zero attached hydrogens (tertiary/aromatic N) is 1. The maximum absolute atomic E-state index is 12.6. The summed E-state index contributed by atoms with van der Waals surface area (Å²) in [5.74, 6) is 0.288. The second kappa shape index (κ2) is 7.02. The van der Waals surface area contributed by atoms with Gasteiger partial charge >= 0.3 is 0 Å². The summed E-state index contributed by atoms with van der Waals surface area (Å²) in [6, 6.07) is -0.0922. The topological polar surface area (TPSA) is 83.5 Å². The Labute approximate surface area is 145 Å². The van der Waals surface area contributed by atoms with Crippen LogP contribution in [0.3, 0.4) is 0 Å². The Morgan fingerprint density at radius 2 is 1.88 bits per heavy atom. The van der Waals surface area contributed by atoms with Crippen molar-refractivity contribution in [3.8, 4) is 0 Å². The molecular formula is C17H30N2O4S. The smallest absolute Gasteiger partial charge is 0.225 e. The number of hydrogen-bond donors (Lipinski definition) is 1. The Hall–Kier alpha value is -1.11. The van der Waals surface area contributed by atoms with Crippen molar-refractivity contribution in [2.24, 2.45) is 11.8 Å². The number of amides is 2. The highest BCUT2D eigenvalue weighted by molar-refractivity contribution is 7.92. The molecule has 1 atom stereocenters. The van der Waals surface area contributed by atoms with E-state index in [0.717, 1.165) is 0 Å². The van der Waals surface area contributed by atoms with Crippen molar-refractivity contribution in [1.29, 1.82) is 0 Å². The predicted molar refractivity (Wildman–Crippen MR) is 93.2 cm³/mol. The van der Waals surface area contributed by atoms with E-state index in [1.807, 2.05) is 0 Å². The predicted octanol–water partition coefficient (Wildman–Crippen LogP) is 1.35. The van der Waals surface area contributed by atoms with E-state index in [-0.39, 0.29) is 29.5 Å². The number of hydrogen-bond acceptors (Lipinski definition) is 4. The second-order valence-corrected chi connectivity index (χ2v) is 10.3. The number of rotatable bonds is 5. The van der Waals surface area contributed by atoms with Crippen LogP contribution in [0.15, 0.2) is 0 Å². The summed E-state index contributed by atoms with van der Waals surface area (Å²) in [5.41, 5.74) is 0. The molecule has 24 heavy (non-hydrogen) atoms. The van der Waals surface area contributed by atoms with Gasteiger partial charge in [0, 0.05) is 32.0 Å². The average Bonchev–Trinajstić information content (AvgIpc) is 2.45. The molecule has 1 spiro atoms. The quantitative estimate of drug-likeness (QED) is 0.804. The lowest BCUT2D eigenvalue weighted by molar-refractivity contribution is -0.138. The molecule has 2 amide bonds. The molecule has 0 aromatic rings. The van der Waals surface area contributed by atoms with E-state index in [1.165, 1.54) is 0 Å². The highest BCUT2D eigenvalue weighted by Crippen LogP contribution is 2.50. The van der Waals surface area contributed by atoms with E-state index in [2.05, 4.69) is 19.2 Å². The molecule has 1 N–H and O–H groups in total. The van der Waals surface area contributed by atoms with Gasteiger partial charge in [0.05, 0.1) is 10.5 Å². The largest absolute Gasteiger partial charge is 0.353 e. The number of carbonyl (C=O) groups excluding carboxylic acids is 2. The third-order valence-corrected chi connectivity index (χ3v) is 7.89. The summed E-state index contributed by atoms with van der Waals surface area (Å²) in [4.78, 5) is 25.8. The molecule has 7 heteroatoms. The molecule has 0 radical (unpaired) electrons. The van der Waals surface area contributed by atoms with Gasteiger partial charge in [-0.25, -0.2) is 8.42 Å². The molecule has 138 valence electrons. The van der Waals surface area contributed by atoms with Crippen molar-refractivity contribution in [2.45, 2.75) is 63.7 Å². The Morgan fingerprint density at radius 1 is 1.25 bits per heavy atom. The van der Waals surface area contributed by atoms with Gasteiger partial charge in [0.15, 0.2) is 9.84 Å². The van der Waals surface area contributed by atoms with Gasteiger partial charge in [-0.05, 0) is 31.6 Å². The zero-order valence-electron chi connectivity index (χ0n) is 15.2. The molecule has 1 saturated carbocycles. The molecule has 2 fully saturated rings. The minimum Gasteiger partial charge on any atom is -0.353 e. The molecule has 0 aromatic carbocycles. The molecule has 0 bridgehead atoms. The van der Waals surface area contributed by atoms with Crippen LogP contribution in [0.4, 0.5) is 0 Å². The van der Waals surface area contributed by atoms with Crippen LogP contribution in [-0.4, -0.2) is 55.3 Å². The summed E-state index contributed by atoms with van der Waals surface area (Å²) in [7, 11) is -1.41. The molecule has 1 heterocycles. The normalized spacial score (nSPS) is 31.5. The van der Waals surface area contributed by atoms with Crippen LogP contribution in [0.5, 0.6) is 0 Å². The first-order chi connectivity index (χ1) is 11.1. The minimum absolute atomic E-state index is 0.0435. The average molecular weight is 359 g/mol. The molecule has 2 rings (SSSR count). The van der Waals surface area contributed by atoms with Crippen LogP contribution in [0.2, 0.25) is 0 Å². The van der Waals surface area contributed by atoms with E-state index in [9.17, 15) is 18.0 Å². The van der Waals surface area contributed by atoms with Gasteiger partial charge in [0.2, 0.25) is 11.8 Å². The van der Waals surface area contributed by atoms with Crippen LogP contribution >= 0.6 is 0 Å². The molecule has 1 saturated heterocycles. The third-order valence-electron chi connectivity index (χ3n) is 5.30. The zero-order valence-corrected chi connectivity index (χ0v) is 16.0. The lowest BCUT2D eigenvalue weighted by atomic mass is 9.70. The van der Waals surface area contributed by atoms with Gasteiger partial charge in [0.1, 0.15) is 0 Å². The Balaban J connectivity index is 2.01. The maximum atomic E-state index is 12.6. The van der Waals surface area contributed by atoms with Crippen molar-refractivity contribution in [3.05, 3.63) is 0 Å². The molecule has 0 aromatic heterocycles. The lowest BCUT2D eigenvalue weighted by Crippen LogP contribution is -2.61. The van der Waals surface area contributed by atoms with Crippen molar-refractivity contribution >= 4 is 21.7 Å². The Kier molecular flexibility index (Phi) is 5.62. The van der Waals surface area contributed by atoms with Gasteiger partial charge in [0.25, 0.3) is 0 Å². The first-order valence-corrected chi connectivity index (χ1v) is 10.5. The molecular weight excluding hydrogens is 328 g/mol. The van der Waals surface area contributed by atoms with Crippen molar-refractivity contribution in [2.75, 3.05) is 19.3 Å². The standard InChI is InChI=1S/C17H30N2O4S/c1-5-15(20)18-14-6-7-24(22,23)17(10-14)8-13(9-17)16(21)19(4)11-12(2)3/h12-14H,5-11H2,1-4H3,(H,18,20). The SMILES string of the molecule is CCC(=O)NC1CCS(=O)(=O)C2(C1)CC(C(=O)N(C)CC(C)C)C2. The van der Waals surface area contributed by atoms with Crippen molar-refractivity contribution in [3.63, 3.8) is 0 Å². The molecule has 1 unspecified atom stereocenters. The first-order valence-electron chi connectivity index (χ1n) is 8.87. The van der Waals surface area contributed by atoms with Crippen LogP contribution in [0.25, 0.3) is 0 Å². The summed E-state index contributed by atoms with van der Waals surface area (Å²) < 4.78 is 24.3. The van der Waals surface area contributed by atoms with Crippen LogP contribution < -0.4 is 5.32 Å². The molecule has 1 aliphatic heterocycles. The maximum Gasteiger partial charge on any atom is 0.225 e. The van der Waals surface area contributed by atoms with Gasteiger partial charge < -0.3 is 10.2 Å². The van der Waals surface area contributed by atoms with E-state index in [0.29, 0.717) is 44.6 Å². The summed E-state index contributed by atoms with van der Waals surface area (Å²) >= 11 is 0. The summed E-state index contributed by atoms with van der Waals surface area (Å²) in [5, 5.41) is 2.92. The highest BCUT2D eigenvalue weighted by atomic mass is 32.2. The Bertz CT molecular complexity index is 594. The van der Waals surface area contributed by atoms with Crippen molar-refractivity contribution < 1.29 is 18.0 Å². The van der Waals surface area contributed by atoms with Crippen molar-refractivity contribution in [1.82, 2.24) is 10.2 Å². The van der Waals surface area contributed by atoms with Gasteiger partial charge in [-0.3, -0.25) is 9.59 Å². The summed E-state index contributed by atoms with van der Waals surface area (Å²) in [6.45, 7) is 6.58. The number of carbonyl (C=O) groups is 2. The fourth-order valence-electron chi connectivity index (χ4n) is 4.03. The Morgan fingerprint density at radius 3 is 2.42 bits per heavy atom. The monoisotopic (exact) mass is 358 g/mol. The fraction of sp³-hybridized carbons (Fsp3) is 0.882. The van der Waals surface area contributed by atoms with E-state index in [4.69, 9.17) is 0 Å². The first kappa shape index (κ1) is 19.2. The van der Waals surface area contributed by atoms with E-state index < -0.39 is 14.6 Å². The second-order valence-electron chi connectivity index (χ2n) is 7.83. The molecule has 1 aliphatic carbocycles. The van der Waals surface area contributed by atoms with Gasteiger partial charge in [-0.2, -0.15) is 0 Å². The summed E-state index contributed by atoms with van der Waals surface area (Å²) in [6.07, 6.45) is 2.11. The minimum atomic E-state index is -3.20. The van der Waals surface area contributed by atoms with Gasteiger partial charge in [-0.1, -0.05) is 20.8 Å². The van der Waals surface area contributed by atoms with Gasteiger partial charge in [-0.15, -0.1) is 0 Å².